The van der Waals surface area contributed by atoms with E-state index in [4.69, 9.17) is 16.3 Å². The minimum Gasteiger partial charge on any atom is -0.378 e. The summed E-state index contributed by atoms with van der Waals surface area (Å²) in [7, 11) is 0. The summed E-state index contributed by atoms with van der Waals surface area (Å²) in [5.41, 5.74) is 3.40. The van der Waals surface area contributed by atoms with Crippen LogP contribution >= 0.6 is 24.0 Å². The molecule has 1 aromatic rings. The Bertz CT molecular complexity index is 341. The number of rotatable bonds is 2. The lowest BCUT2D eigenvalue weighted by Crippen LogP contribution is -2.36. The van der Waals surface area contributed by atoms with E-state index < -0.39 is 0 Å². The second-order valence-corrected chi connectivity index (χ2v) is 3.90. The lowest BCUT2D eigenvalue weighted by molar-refractivity contribution is 0.122. The summed E-state index contributed by atoms with van der Waals surface area (Å²) in [5, 5.41) is 0. The number of hydrogen-bond acceptors (Lipinski definition) is 3. The normalized spacial score (nSPS) is 15.8. The van der Waals surface area contributed by atoms with Gasteiger partial charge in [-0.25, -0.2) is 0 Å². The number of pyridine rings is 1. The average Bonchev–Trinajstić information content (AvgIpc) is 2.30. The van der Waals surface area contributed by atoms with Crippen molar-refractivity contribution < 1.29 is 4.74 Å². The van der Waals surface area contributed by atoms with Crippen LogP contribution in [-0.4, -0.2) is 31.3 Å². The molecule has 0 radical (unpaired) electrons. The molecule has 0 unspecified atom stereocenters. The monoisotopic (exact) mass is 262 g/mol. The minimum atomic E-state index is 0. The summed E-state index contributed by atoms with van der Waals surface area (Å²) in [6.45, 7) is 5.59. The van der Waals surface area contributed by atoms with Gasteiger partial charge in [0, 0.05) is 25.0 Å². The zero-order chi connectivity index (χ0) is 10.7. The van der Waals surface area contributed by atoms with Crippen molar-refractivity contribution in [3.63, 3.8) is 0 Å². The molecular weight excluding hydrogens is 247 g/mol. The van der Waals surface area contributed by atoms with E-state index in [0.29, 0.717) is 5.88 Å². The molecule has 1 saturated heterocycles. The van der Waals surface area contributed by atoms with Crippen LogP contribution < -0.4 is 4.90 Å². The summed E-state index contributed by atoms with van der Waals surface area (Å²) in [5.74, 6) is 0.476. The minimum absolute atomic E-state index is 0. The van der Waals surface area contributed by atoms with Gasteiger partial charge in [0.2, 0.25) is 0 Å². The molecule has 0 spiro atoms. The molecule has 1 aliphatic heterocycles. The first-order valence-corrected chi connectivity index (χ1v) is 5.69. The van der Waals surface area contributed by atoms with Crippen molar-refractivity contribution in [2.75, 3.05) is 31.2 Å². The van der Waals surface area contributed by atoms with E-state index in [1.807, 2.05) is 6.20 Å². The number of anilines is 1. The molecule has 0 aliphatic carbocycles. The van der Waals surface area contributed by atoms with Crippen molar-refractivity contribution >= 4 is 29.7 Å². The van der Waals surface area contributed by atoms with Gasteiger partial charge in [0.1, 0.15) is 0 Å². The highest BCUT2D eigenvalue weighted by molar-refractivity contribution is 6.17. The molecule has 1 aromatic heterocycles. The fraction of sp³-hybridized carbons (Fsp3) is 0.545. The van der Waals surface area contributed by atoms with Crippen LogP contribution in [0.1, 0.15) is 11.3 Å². The SMILES string of the molecule is Cc1c(N2CCOCC2)ccnc1CCl.Cl. The molecule has 0 N–H and O–H groups in total. The second kappa shape index (κ2) is 6.28. The highest BCUT2D eigenvalue weighted by Gasteiger charge is 2.14. The van der Waals surface area contributed by atoms with Crippen molar-refractivity contribution in [2.24, 2.45) is 0 Å². The zero-order valence-electron chi connectivity index (χ0n) is 9.28. The highest BCUT2D eigenvalue weighted by atomic mass is 35.5. The third kappa shape index (κ3) is 2.78. The molecule has 3 nitrogen and oxygen atoms in total. The average molecular weight is 263 g/mol. The Labute approximate surface area is 107 Å². The molecule has 16 heavy (non-hydrogen) atoms. The molecular formula is C11H16Cl2N2O. The van der Waals surface area contributed by atoms with E-state index in [0.717, 1.165) is 32.0 Å². The maximum atomic E-state index is 5.84. The highest BCUT2D eigenvalue weighted by Crippen LogP contribution is 2.23. The maximum absolute atomic E-state index is 5.84. The number of nitrogens with zero attached hydrogens (tertiary/aromatic N) is 2. The van der Waals surface area contributed by atoms with Crippen LogP contribution in [0, 0.1) is 6.92 Å². The lowest BCUT2D eigenvalue weighted by Gasteiger charge is -2.30. The van der Waals surface area contributed by atoms with Gasteiger partial charge in [-0.3, -0.25) is 4.98 Å². The summed E-state index contributed by atoms with van der Waals surface area (Å²) in [6.07, 6.45) is 1.83. The van der Waals surface area contributed by atoms with E-state index >= 15 is 0 Å². The Kier molecular flexibility index (Phi) is 5.32. The van der Waals surface area contributed by atoms with Crippen molar-refractivity contribution in [2.45, 2.75) is 12.8 Å². The quantitative estimate of drug-likeness (QED) is 0.766. The van der Waals surface area contributed by atoms with Crippen LogP contribution in [0.5, 0.6) is 0 Å². The first-order chi connectivity index (χ1) is 7.33. The molecule has 5 heteroatoms. The summed E-state index contributed by atoms with van der Waals surface area (Å²) in [6, 6.07) is 2.05. The fourth-order valence-corrected chi connectivity index (χ4v) is 2.12. The van der Waals surface area contributed by atoms with E-state index in [-0.39, 0.29) is 12.4 Å². The topological polar surface area (TPSA) is 25.4 Å². The zero-order valence-corrected chi connectivity index (χ0v) is 10.9. The number of hydrogen-bond donors (Lipinski definition) is 0. The molecule has 0 amide bonds. The summed E-state index contributed by atoms with van der Waals surface area (Å²) in [4.78, 5) is 6.59. The van der Waals surface area contributed by atoms with Gasteiger partial charge in [-0.15, -0.1) is 24.0 Å². The molecule has 2 rings (SSSR count). The summed E-state index contributed by atoms with van der Waals surface area (Å²) >= 11 is 5.84. The summed E-state index contributed by atoms with van der Waals surface area (Å²) < 4.78 is 5.33. The third-order valence-electron chi connectivity index (χ3n) is 2.76. The fourth-order valence-electron chi connectivity index (χ4n) is 1.85. The Morgan fingerprint density at radius 3 is 2.75 bits per heavy atom. The first-order valence-electron chi connectivity index (χ1n) is 5.16. The smallest absolute Gasteiger partial charge is 0.0650 e. The van der Waals surface area contributed by atoms with Gasteiger partial charge >= 0.3 is 0 Å². The standard InChI is InChI=1S/C11H15ClN2O.ClH/c1-9-10(8-12)13-3-2-11(9)14-4-6-15-7-5-14;/h2-3H,4-8H2,1H3;1H. The van der Waals surface area contributed by atoms with Gasteiger partial charge in [-0.2, -0.15) is 0 Å². The Morgan fingerprint density at radius 2 is 2.12 bits per heavy atom. The van der Waals surface area contributed by atoms with Crippen LogP contribution in [-0.2, 0) is 10.6 Å². The van der Waals surface area contributed by atoms with Gasteiger partial charge < -0.3 is 9.64 Å². The predicted molar refractivity (Wildman–Crippen MR) is 68.8 cm³/mol. The third-order valence-corrected chi connectivity index (χ3v) is 3.01. The van der Waals surface area contributed by atoms with E-state index in [1.54, 1.807) is 0 Å². The van der Waals surface area contributed by atoms with Crippen LogP contribution in [0.4, 0.5) is 5.69 Å². The Hall–Kier alpha value is -0.510. The first kappa shape index (κ1) is 13.6. The molecule has 1 fully saturated rings. The van der Waals surface area contributed by atoms with Crippen molar-refractivity contribution in [1.82, 2.24) is 4.98 Å². The van der Waals surface area contributed by atoms with Crippen molar-refractivity contribution in [1.29, 1.82) is 0 Å². The van der Waals surface area contributed by atoms with E-state index in [2.05, 4.69) is 22.9 Å². The van der Waals surface area contributed by atoms with Gasteiger partial charge in [0.05, 0.1) is 24.8 Å². The van der Waals surface area contributed by atoms with E-state index in [1.165, 1.54) is 11.3 Å². The largest absolute Gasteiger partial charge is 0.378 e. The Balaban J connectivity index is 0.00000128. The molecule has 90 valence electrons. The molecule has 0 atom stereocenters. The molecule has 0 aromatic carbocycles. The van der Waals surface area contributed by atoms with Crippen LogP contribution in [0.15, 0.2) is 12.3 Å². The maximum Gasteiger partial charge on any atom is 0.0650 e. The van der Waals surface area contributed by atoms with Gasteiger partial charge in [0.25, 0.3) is 0 Å². The molecule has 1 aliphatic rings. The van der Waals surface area contributed by atoms with E-state index in [9.17, 15) is 0 Å². The number of aromatic nitrogens is 1. The molecule has 0 saturated carbocycles. The number of halogens is 2. The van der Waals surface area contributed by atoms with Crippen molar-refractivity contribution in [3.05, 3.63) is 23.5 Å². The number of alkyl halides is 1. The molecule has 0 bridgehead atoms. The van der Waals surface area contributed by atoms with Crippen LogP contribution in [0.2, 0.25) is 0 Å². The Morgan fingerprint density at radius 1 is 1.44 bits per heavy atom. The predicted octanol–water partition coefficient (Wildman–Crippen LogP) is 2.39. The van der Waals surface area contributed by atoms with Gasteiger partial charge in [-0.05, 0) is 18.6 Å². The second-order valence-electron chi connectivity index (χ2n) is 3.63. The number of morpholine rings is 1. The van der Waals surface area contributed by atoms with Crippen LogP contribution in [0.3, 0.4) is 0 Å². The lowest BCUT2D eigenvalue weighted by atomic mass is 10.1. The van der Waals surface area contributed by atoms with Gasteiger partial charge in [-0.1, -0.05) is 0 Å². The van der Waals surface area contributed by atoms with Crippen LogP contribution in [0.25, 0.3) is 0 Å². The van der Waals surface area contributed by atoms with Crippen molar-refractivity contribution in [3.8, 4) is 0 Å². The molecule has 2 heterocycles. The number of ether oxygens (including phenoxy) is 1. The van der Waals surface area contributed by atoms with Gasteiger partial charge in [0.15, 0.2) is 0 Å².